The zero-order valence-electron chi connectivity index (χ0n) is 12.1. The molecule has 0 amide bonds. The standard InChI is InChI=1S/C17H20N2O2/c1-2-11-20-15-5-3-4-6-16(15)21-12-13-7-9-14(10-8-13)17(18)19/h3-10H,2,11-12H2,1H3,(H3,18,19). The van der Waals surface area contributed by atoms with Gasteiger partial charge in [0.15, 0.2) is 11.5 Å². The number of nitrogens with one attached hydrogen (secondary N) is 1. The SMILES string of the molecule is CCCOc1ccccc1OCc1ccc(C(=N)N)cc1. The molecule has 0 spiro atoms. The molecule has 110 valence electrons. The van der Waals surface area contributed by atoms with Gasteiger partial charge in [-0.2, -0.15) is 0 Å². The van der Waals surface area contributed by atoms with Crippen molar-refractivity contribution in [2.75, 3.05) is 6.61 Å². The van der Waals surface area contributed by atoms with E-state index in [1.807, 2.05) is 48.5 Å². The van der Waals surface area contributed by atoms with Gasteiger partial charge in [-0.3, -0.25) is 5.41 Å². The van der Waals surface area contributed by atoms with Crippen molar-refractivity contribution >= 4 is 5.84 Å². The summed E-state index contributed by atoms with van der Waals surface area (Å²) in [7, 11) is 0. The number of para-hydroxylation sites is 2. The van der Waals surface area contributed by atoms with E-state index in [0.717, 1.165) is 23.5 Å². The van der Waals surface area contributed by atoms with Gasteiger partial charge >= 0.3 is 0 Å². The lowest BCUT2D eigenvalue weighted by Gasteiger charge is -2.12. The van der Waals surface area contributed by atoms with Gasteiger partial charge in [-0.05, 0) is 24.1 Å². The molecule has 0 saturated heterocycles. The second-order valence-corrected chi connectivity index (χ2v) is 4.69. The fourth-order valence-corrected chi connectivity index (χ4v) is 1.84. The molecular formula is C17H20N2O2. The summed E-state index contributed by atoms with van der Waals surface area (Å²) < 4.78 is 11.5. The van der Waals surface area contributed by atoms with E-state index in [-0.39, 0.29) is 5.84 Å². The quantitative estimate of drug-likeness (QED) is 0.605. The van der Waals surface area contributed by atoms with Crippen molar-refractivity contribution in [3.63, 3.8) is 0 Å². The van der Waals surface area contributed by atoms with Crippen LogP contribution < -0.4 is 15.2 Å². The molecular weight excluding hydrogens is 264 g/mol. The Labute approximate surface area is 125 Å². The Bertz CT molecular complexity index is 594. The lowest BCUT2D eigenvalue weighted by atomic mass is 10.1. The van der Waals surface area contributed by atoms with Crippen LogP contribution in [0.25, 0.3) is 0 Å². The van der Waals surface area contributed by atoms with Gasteiger partial charge in [0, 0.05) is 5.56 Å². The molecule has 0 aromatic heterocycles. The van der Waals surface area contributed by atoms with Crippen LogP contribution in [0, 0.1) is 5.41 Å². The van der Waals surface area contributed by atoms with Gasteiger partial charge in [0.05, 0.1) is 6.61 Å². The lowest BCUT2D eigenvalue weighted by Crippen LogP contribution is -2.10. The number of rotatable bonds is 7. The van der Waals surface area contributed by atoms with E-state index < -0.39 is 0 Å². The highest BCUT2D eigenvalue weighted by Crippen LogP contribution is 2.27. The van der Waals surface area contributed by atoms with Crippen LogP contribution in [-0.4, -0.2) is 12.4 Å². The van der Waals surface area contributed by atoms with Crippen molar-refractivity contribution in [1.29, 1.82) is 5.41 Å². The first kappa shape index (κ1) is 14.9. The Balaban J connectivity index is 2.00. The fraction of sp³-hybridized carbons (Fsp3) is 0.235. The van der Waals surface area contributed by atoms with E-state index in [1.54, 1.807) is 0 Å². The minimum Gasteiger partial charge on any atom is -0.490 e. The zero-order valence-corrected chi connectivity index (χ0v) is 12.1. The lowest BCUT2D eigenvalue weighted by molar-refractivity contribution is 0.262. The number of nitrogen functional groups attached to an aromatic ring is 1. The summed E-state index contributed by atoms with van der Waals surface area (Å²) >= 11 is 0. The van der Waals surface area contributed by atoms with E-state index >= 15 is 0 Å². The van der Waals surface area contributed by atoms with Crippen LogP contribution in [0.2, 0.25) is 0 Å². The third-order valence-corrected chi connectivity index (χ3v) is 2.97. The largest absolute Gasteiger partial charge is 0.490 e. The first-order valence-corrected chi connectivity index (χ1v) is 6.98. The summed E-state index contributed by atoms with van der Waals surface area (Å²) in [5.74, 6) is 1.57. The summed E-state index contributed by atoms with van der Waals surface area (Å²) in [6.07, 6.45) is 0.959. The summed E-state index contributed by atoms with van der Waals surface area (Å²) in [6.45, 7) is 3.19. The van der Waals surface area contributed by atoms with Gasteiger partial charge in [-0.15, -0.1) is 0 Å². The Hall–Kier alpha value is -2.49. The summed E-state index contributed by atoms with van der Waals surface area (Å²) in [5, 5.41) is 7.36. The first-order chi connectivity index (χ1) is 10.2. The van der Waals surface area contributed by atoms with Gasteiger partial charge in [0.1, 0.15) is 12.4 Å². The van der Waals surface area contributed by atoms with E-state index in [0.29, 0.717) is 18.8 Å². The molecule has 0 heterocycles. The molecule has 2 aromatic rings. The smallest absolute Gasteiger partial charge is 0.161 e. The molecule has 0 atom stereocenters. The minimum absolute atomic E-state index is 0.0702. The van der Waals surface area contributed by atoms with Gasteiger partial charge in [0.25, 0.3) is 0 Å². The van der Waals surface area contributed by atoms with Crippen LogP contribution in [0.1, 0.15) is 24.5 Å². The molecule has 0 saturated carbocycles. The third kappa shape index (κ3) is 4.24. The summed E-state index contributed by atoms with van der Waals surface area (Å²) in [5.41, 5.74) is 7.16. The van der Waals surface area contributed by atoms with Crippen molar-refractivity contribution in [3.05, 3.63) is 59.7 Å². The van der Waals surface area contributed by atoms with E-state index in [4.69, 9.17) is 20.6 Å². The van der Waals surface area contributed by atoms with Crippen molar-refractivity contribution in [2.45, 2.75) is 20.0 Å². The number of hydrogen-bond donors (Lipinski definition) is 2. The van der Waals surface area contributed by atoms with Crippen LogP contribution in [0.4, 0.5) is 0 Å². The number of amidine groups is 1. The molecule has 21 heavy (non-hydrogen) atoms. The molecule has 4 heteroatoms. The topological polar surface area (TPSA) is 68.3 Å². The maximum Gasteiger partial charge on any atom is 0.161 e. The van der Waals surface area contributed by atoms with Crippen molar-refractivity contribution in [3.8, 4) is 11.5 Å². The maximum absolute atomic E-state index is 7.36. The molecule has 0 unspecified atom stereocenters. The second-order valence-electron chi connectivity index (χ2n) is 4.69. The normalized spacial score (nSPS) is 10.1. The van der Waals surface area contributed by atoms with E-state index in [2.05, 4.69) is 6.92 Å². The van der Waals surface area contributed by atoms with E-state index in [1.165, 1.54) is 0 Å². The van der Waals surface area contributed by atoms with Gasteiger partial charge in [-0.25, -0.2) is 0 Å². The molecule has 2 rings (SSSR count). The minimum atomic E-state index is 0.0702. The average molecular weight is 284 g/mol. The van der Waals surface area contributed by atoms with Crippen molar-refractivity contribution in [1.82, 2.24) is 0 Å². The second kappa shape index (κ2) is 7.33. The molecule has 2 aromatic carbocycles. The molecule has 4 nitrogen and oxygen atoms in total. The van der Waals surface area contributed by atoms with Gasteiger partial charge in [-0.1, -0.05) is 43.3 Å². The summed E-state index contributed by atoms with van der Waals surface area (Å²) in [6, 6.07) is 15.1. The molecule has 0 aliphatic rings. The number of ether oxygens (including phenoxy) is 2. The first-order valence-electron chi connectivity index (χ1n) is 6.98. The Morgan fingerprint density at radius 1 is 1.00 bits per heavy atom. The highest BCUT2D eigenvalue weighted by Gasteiger charge is 2.04. The van der Waals surface area contributed by atoms with Crippen LogP contribution in [0.5, 0.6) is 11.5 Å². The summed E-state index contributed by atoms with van der Waals surface area (Å²) in [4.78, 5) is 0. The van der Waals surface area contributed by atoms with Crippen LogP contribution in [0.15, 0.2) is 48.5 Å². The molecule has 0 fully saturated rings. The highest BCUT2D eigenvalue weighted by atomic mass is 16.5. The van der Waals surface area contributed by atoms with Crippen LogP contribution in [-0.2, 0) is 6.61 Å². The maximum atomic E-state index is 7.36. The van der Waals surface area contributed by atoms with Crippen LogP contribution in [0.3, 0.4) is 0 Å². The third-order valence-electron chi connectivity index (χ3n) is 2.97. The average Bonchev–Trinajstić information content (AvgIpc) is 2.52. The molecule has 0 bridgehead atoms. The molecule has 0 aliphatic carbocycles. The Morgan fingerprint density at radius 3 is 2.19 bits per heavy atom. The number of hydrogen-bond acceptors (Lipinski definition) is 3. The Morgan fingerprint density at radius 2 is 1.62 bits per heavy atom. The highest BCUT2D eigenvalue weighted by molar-refractivity contribution is 5.94. The fourth-order valence-electron chi connectivity index (χ4n) is 1.84. The number of nitrogens with two attached hydrogens (primary N) is 1. The van der Waals surface area contributed by atoms with Gasteiger partial charge < -0.3 is 15.2 Å². The molecule has 3 N–H and O–H groups in total. The predicted octanol–water partition coefficient (Wildman–Crippen LogP) is 3.34. The molecule has 0 aliphatic heterocycles. The van der Waals surface area contributed by atoms with Crippen molar-refractivity contribution in [2.24, 2.45) is 5.73 Å². The monoisotopic (exact) mass is 284 g/mol. The van der Waals surface area contributed by atoms with Crippen molar-refractivity contribution < 1.29 is 9.47 Å². The zero-order chi connectivity index (χ0) is 15.1. The molecule has 0 radical (unpaired) electrons. The van der Waals surface area contributed by atoms with Crippen LogP contribution >= 0.6 is 0 Å². The Kier molecular flexibility index (Phi) is 5.21. The van der Waals surface area contributed by atoms with E-state index in [9.17, 15) is 0 Å². The van der Waals surface area contributed by atoms with Gasteiger partial charge in [0.2, 0.25) is 0 Å². The number of benzene rings is 2. The predicted molar refractivity (Wildman–Crippen MR) is 84.0 cm³/mol.